The Kier molecular flexibility index (Phi) is 7.46. The summed E-state index contributed by atoms with van der Waals surface area (Å²) >= 11 is 1.25. The van der Waals surface area contributed by atoms with Gasteiger partial charge >= 0.3 is 0 Å². The Morgan fingerprint density at radius 2 is 1.65 bits per heavy atom. The van der Waals surface area contributed by atoms with E-state index in [1.807, 2.05) is 6.92 Å². The molecule has 0 aliphatic heterocycles. The normalized spacial score (nSPS) is 13.1. The molecule has 5 heteroatoms. The molecule has 0 aliphatic rings. The number of rotatable bonds is 8. The predicted molar refractivity (Wildman–Crippen MR) is 117 cm³/mol. The summed E-state index contributed by atoms with van der Waals surface area (Å²) in [6, 6.07) is 17.1. The molecule has 0 N–H and O–H groups in total. The van der Waals surface area contributed by atoms with Crippen molar-refractivity contribution in [2.24, 2.45) is 0 Å². The van der Waals surface area contributed by atoms with Crippen molar-refractivity contribution in [1.29, 1.82) is 0 Å². The van der Waals surface area contributed by atoms with Gasteiger partial charge in [0.2, 0.25) is 0 Å². The summed E-state index contributed by atoms with van der Waals surface area (Å²) < 4.78 is 52.9. The minimum Gasteiger partial charge on any atom is -0.207 e. The number of hydrogen-bond acceptors (Lipinski definition) is 1. The third-order valence-electron chi connectivity index (χ3n) is 5.30. The Labute approximate surface area is 184 Å². The Hall–Kier alpha value is -2.71. The van der Waals surface area contributed by atoms with Gasteiger partial charge in [0.05, 0.1) is 5.41 Å². The van der Waals surface area contributed by atoms with Crippen LogP contribution in [0.5, 0.6) is 0 Å². The molecule has 160 valence electrons. The first kappa shape index (κ1) is 23.0. The first-order chi connectivity index (χ1) is 14.8. The smallest absolute Gasteiger partial charge is 0.207 e. The van der Waals surface area contributed by atoms with E-state index < -0.39 is 11.8 Å². The molecule has 0 saturated heterocycles. The van der Waals surface area contributed by atoms with Crippen LogP contribution in [0.3, 0.4) is 0 Å². The van der Waals surface area contributed by atoms with Gasteiger partial charge in [0, 0.05) is 15.4 Å². The number of terminal acetylenes is 1. The zero-order chi connectivity index (χ0) is 22.4. The number of benzene rings is 3. The molecule has 0 nitrogen and oxygen atoms in total. The molecule has 0 saturated carbocycles. The topological polar surface area (TPSA) is 0 Å². The van der Waals surface area contributed by atoms with E-state index >= 15 is 0 Å². The molecule has 0 radical (unpaired) electrons. The third kappa shape index (κ3) is 5.92. The van der Waals surface area contributed by atoms with Gasteiger partial charge < -0.3 is 0 Å². The van der Waals surface area contributed by atoms with Crippen molar-refractivity contribution in [3.8, 4) is 12.3 Å². The van der Waals surface area contributed by atoms with Gasteiger partial charge in [-0.1, -0.05) is 48.0 Å². The second kappa shape index (κ2) is 10.1. The fourth-order valence-corrected chi connectivity index (χ4v) is 4.26. The molecule has 3 aromatic rings. The SMILES string of the molecule is C#CC(C)(CCCc1ccc(F)c(Sc2ccc(F)cc2)c1)c1ccc(C(F)F)cc1. The van der Waals surface area contributed by atoms with Crippen LogP contribution in [0.15, 0.2) is 76.5 Å². The molecule has 0 heterocycles. The van der Waals surface area contributed by atoms with Crippen LogP contribution < -0.4 is 0 Å². The number of hydrogen-bond donors (Lipinski definition) is 0. The zero-order valence-corrected chi connectivity index (χ0v) is 17.9. The highest BCUT2D eigenvalue weighted by Crippen LogP contribution is 2.33. The lowest BCUT2D eigenvalue weighted by atomic mass is 9.78. The average Bonchev–Trinajstić information content (AvgIpc) is 2.77. The molecular formula is C26H22F4S. The molecule has 0 aromatic heterocycles. The van der Waals surface area contributed by atoms with Gasteiger partial charge in [-0.05, 0) is 73.7 Å². The summed E-state index contributed by atoms with van der Waals surface area (Å²) in [5.41, 5.74) is 1.19. The van der Waals surface area contributed by atoms with Crippen LogP contribution in [-0.4, -0.2) is 0 Å². The zero-order valence-electron chi connectivity index (χ0n) is 17.0. The van der Waals surface area contributed by atoms with E-state index in [4.69, 9.17) is 6.42 Å². The molecule has 1 atom stereocenters. The monoisotopic (exact) mass is 442 g/mol. The molecular weight excluding hydrogens is 420 g/mol. The van der Waals surface area contributed by atoms with E-state index in [1.165, 1.54) is 42.1 Å². The first-order valence-corrected chi connectivity index (χ1v) is 10.7. The summed E-state index contributed by atoms with van der Waals surface area (Å²) in [5.74, 6) is 2.14. The van der Waals surface area contributed by atoms with Crippen molar-refractivity contribution >= 4 is 11.8 Å². The van der Waals surface area contributed by atoms with E-state index in [0.29, 0.717) is 17.7 Å². The standard InChI is InChI=1S/C26H22F4S/c1-3-26(2,20-9-7-19(8-10-20)25(29)30)16-4-5-18-6-15-23(28)24(17-18)31-22-13-11-21(27)12-14-22/h1,6-15,17,25H,4-5,16H2,2H3. The van der Waals surface area contributed by atoms with Crippen LogP contribution >= 0.6 is 11.8 Å². The van der Waals surface area contributed by atoms with Crippen molar-refractivity contribution < 1.29 is 17.6 Å². The molecule has 0 aliphatic carbocycles. The van der Waals surface area contributed by atoms with Crippen LogP contribution in [0.1, 0.15) is 42.9 Å². The fraction of sp³-hybridized carbons (Fsp3) is 0.231. The van der Waals surface area contributed by atoms with Crippen molar-refractivity contribution in [3.63, 3.8) is 0 Å². The average molecular weight is 443 g/mol. The lowest BCUT2D eigenvalue weighted by molar-refractivity contribution is 0.151. The maximum Gasteiger partial charge on any atom is 0.263 e. The van der Waals surface area contributed by atoms with Crippen molar-refractivity contribution in [3.05, 3.63) is 95.1 Å². The molecule has 31 heavy (non-hydrogen) atoms. The molecule has 1 unspecified atom stereocenters. The largest absolute Gasteiger partial charge is 0.263 e. The van der Waals surface area contributed by atoms with Gasteiger partial charge in [-0.2, -0.15) is 0 Å². The van der Waals surface area contributed by atoms with E-state index in [9.17, 15) is 17.6 Å². The van der Waals surface area contributed by atoms with Gasteiger partial charge in [-0.3, -0.25) is 0 Å². The molecule has 0 bridgehead atoms. The molecule has 0 fully saturated rings. The van der Waals surface area contributed by atoms with E-state index in [1.54, 1.807) is 36.4 Å². The molecule has 3 rings (SSSR count). The van der Waals surface area contributed by atoms with Gasteiger partial charge in [-0.25, -0.2) is 17.6 Å². The van der Waals surface area contributed by atoms with Crippen LogP contribution in [0.4, 0.5) is 17.6 Å². The number of alkyl halides is 2. The summed E-state index contributed by atoms with van der Waals surface area (Å²) in [7, 11) is 0. The van der Waals surface area contributed by atoms with E-state index in [2.05, 4.69) is 5.92 Å². The van der Waals surface area contributed by atoms with Gasteiger partial charge in [0.1, 0.15) is 11.6 Å². The van der Waals surface area contributed by atoms with E-state index in [-0.39, 0.29) is 17.2 Å². The summed E-state index contributed by atoms with van der Waals surface area (Å²) in [5, 5.41) is 0. The maximum absolute atomic E-state index is 14.2. The Bertz CT molecular complexity index is 1050. The van der Waals surface area contributed by atoms with E-state index in [0.717, 1.165) is 22.4 Å². The van der Waals surface area contributed by atoms with Crippen LogP contribution in [0, 0.1) is 24.0 Å². The van der Waals surface area contributed by atoms with Gasteiger partial charge in [-0.15, -0.1) is 6.42 Å². The second-order valence-corrected chi connectivity index (χ2v) is 8.69. The Balaban J connectivity index is 1.66. The van der Waals surface area contributed by atoms with Crippen LogP contribution in [0.25, 0.3) is 0 Å². The fourth-order valence-electron chi connectivity index (χ4n) is 3.35. The van der Waals surface area contributed by atoms with Gasteiger partial charge in [0.15, 0.2) is 0 Å². The molecule has 3 aromatic carbocycles. The second-order valence-electron chi connectivity index (χ2n) is 7.57. The quantitative estimate of drug-likeness (QED) is 0.252. The lowest BCUT2D eigenvalue weighted by Gasteiger charge is -2.24. The summed E-state index contributed by atoms with van der Waals surface area (Å²) in [6.45, 7) is 1.92. The van der Waals surface area contributed by atoms with Crippen LogP contribution in [0.2, 0.25) is 0 Å². The first-order valence-electron chi connectivity index (χ1n) is 9.89. The van der Waals surface area contributed by atoms with Crippen molar-refractivity contribution in [2.45, 2.75) is 47.8 Å². The minimum absolute atomic E-state index is 0.0272. The van der Waals surface area contributed by atoms with Crippen LogP contribution in [-0.2, 0) is 11.8 Å². The van der Waals surface area contributed by atoms with Gasteiger partial charge in [0.25, 0.3) is 6.43 Å². The summed E-state index contributed by atoms with van der Waals surface area (Å²) in [4.78, 5) is 1.23. The highest BCUT2D eigenvalue weighted by molar-refractivity contribution is 7.99. The summed E-state index contributed by atoms with van der Waals surface area (Å²) in [6.07, 6.45) is 5.39. The Morgan fingerprint density at radius 1 is 0.968 bits per heavy atom. The highest BCUT2D eigenvalue weighted by atomic mass is 32.2. The number of halogens is 4. The maximum atomic E-state index is 14.2. The molecule has 0 spiro atoms. The van der Waals surface area contributed by atoms with Crippen molar-refractivity contribution in [1.82, 2.24) is 0 Å². The van der Waals surface area contributed by atoms with Crippen molar-refractivity contribution in [2.75, 3.05) is 0 Å². The minimum atomic E-state index is -2.51. The lowest BCUT2D eigenvalue weighted by Crippen LogP contribution is -2.19. The number of aryl methyl sites for hydroxylation is 1. The predicted octanol–water partition coefficient (Wildman–Crippen LogP) is 7.97. The Morgan fingerprint density at radius 3 is 2.26 bits per heavy atom. The third-order valence-corrected chi connectivity index (χ3v) is 6.34. The highest BCUT2D eigenvalue weighted by Gasteiger charge is 2.24. The molecule has 0 amide bonds.